The molecule has 0 spiro atoms. The van der Waals surface area contributed by atoms with Crippen LogP contribution in [0.5, 0.6) is 0 Å². The number of rotatable bonds is 3. The fraction of sp³-hybridized carbons (Fsp3) is 0. The van der Waals surface area contributed by atoms with Gasteiger partial charge >= 0.3 is 0 Å². The lowest BCUT2D eigenvalue weighted by molar-refractivity contribution is 0.582. The van der Waals surface area contributed by atoms with Crippen LogP contribution in [0.4, 0.5) is 24.5 Å². The van der Waals surface area contributed by atoms with Crippen molar-refractivity contribution in [1.29, 1.82) is 0 Å². The lowest BCUT2D eigenvalue weighted by Gasteiger charge is -2.12. The Bertz CT molecular complexity index is 789. The van der Waals surface area contributed by atoms with Crippen molar-refractivity contribution in [3.8, 4) is 0 Å². The first kappa shape index (κ1) is 15.5. The molecule has 4 nitrogen and oxygen atoms in total. The van der Waals surface area contributed by atoms with E-state index in [1.807, 2.05) is 4.72 Å². The van der Waals surface area contributed by atoms with E-state index in [0.717, 1.165) is 24.3 Å². The number of sulfonamides is 1. The summed E-state index contributed by atoms with van der Waals surface area (Å²) in [6.07, 6.45) is 0. The van der Waals surface area contributed by atoms with Crippen molar-refractivity contribution in [2.45, 2.75) is 4.90 Å². The molecule has 112 valence electrons. The summed E-state index contributed by atoms with van der Waals surface area (Å²) in [6.45, 7) is 0. The Morgan fingerprint density at radius 1 is 1.05 bits per heavy atom. The van der Waals surface area contributed by atoms with Gasteiger partial charge in [-0.15, -0.1) is 0 Å². The molecule has 2 aromatic rings. The topological polar surface area (TPSA) is 72.2 Å². The molecule has 0 aliphatic rings. The summed E-state index contributed by atoms with van der Waals surface area (Å²) < 4.78 is 65.4. The number of hydrogen-bond acceptors (Lipinski definition) is 3. The van der Waals surface area contributed by atoms with Gasteiger partial charge in [-0.2, -0.15) is 0 Å². The van der Waals surface area contributed by atoms with Crippen LogP contribution >= 0.6 is 11.6 Å². The number of anilines is 2. The third-order valence-electron chi connectivity index (χ3n) is 2.50. The molecule has 2 rings (SSSR count). The highest BCUT2D eigenvalue weighted by Gasteiger charge is 2.21. The molecule has 0 atom stereocenters. The zero-order valence-corrected chi connectivity index (χ0v) is 11.8. The highest BCUT2D eigenvalue weighted by molar-refractivity contribution is 7.92. The van der Waals surface area contributed by atoms with Crippen molar-refractivity contribution < 1.29 is 21.6 Å². The van der Waals surface area contributed by atoms with E-state index in [-0.39, 0.29) is 5.69 Å². The highest BCUT2D eigenvalue weighted by atomic mass is 35.5. The number of benzene rings is 2. The number of hydrogen-bond donors (Lipinski definition) is 2. The van der Waals surface area contributed by atoms with Gasteiger partial charge in [0, 0.05) is 6.07 Å². The van der Waals surface area contributed by atoms with E-state index in [2.05, 4.69) is 0 Å². The minimum Gasteiger partial charge on any atom is -0.398 e. The first-order chi connectivity index (χ1) is 9.70. The van der Waals surface area contributed by atoms with Crippen molar-refractivity contribution in [3.05, 3.63) is 52.8 Å². The van der Waals surface area contributed by atoms with Crippen molar-refractivity contribution >= 4 is 33.0 Å². The molecule has 0 bridgehead atoms. The SMILES string of the molecule is Nc1cc(F)ccc1S(=O)(=O)Nc1c(F)cc(F)cc1Cl. The first-order valence-corrected chi connectivity index (χ1v) is 7.29. The minimum atomic E-state index is -4.31. The van der Waals surface area contributed by atoms with Gasteiger partial charge in [0.1, 0.15) is 22.2 Å². The van der Waals surface area contributed by atoms with E-state index in [0.29, 0.717) is 6.07 Å². The van der Waals surface area contributed by atoms with Crippen LogP contribution in [0, 0.1) is 17.5 Å². The molecule has 9 heteroatoms. The molecule has 0 saturated heterocycles. The average Bonchev–Trinajstić information content (AvgIpc) is 2.33. The second-order valence-corrected chi connectivity index (χ2v) is 6.09. The lowest BCUT2D eigenvalue weighted by atomic mass is 10.3. The minimum absolute atomic E-state index is 0.360. The van der Waals surface area contributed by atoms with Gasteiger partial charge in [-0.1, -0.05) is 11.6 Å². The molecule has 2 aromatic carbocycles. The van der Waals surface area contributed by atoms with Crippen LogP contribution in [-0.2, 0) is 10.0 Å². The predicted molar refractivity (Wildman–Crippen MR) is 73.0 cm³/mol. The van der Waals surface area contributed by atoms with E-state index in [1.165, 1.54) is 0 Å². The van der Waals surface area contributed by atoms with Crippen LogP contribution in [-0.4, -0.2) is 8.42 Å². The van der Waals surface area contributed by atoms with Crippen LogP contribution in [0.2, 0.25) is 5.02 Å². The number of nitrogens with one attached hydrogen (secondary N) is 1. The van der Waals surface area contributed by atoms with Gasteiger partial charge < -0.3 is 5.73 Å². The highest BCUT2D eigenvalue weighted by Crippen LogP contribution is 2.30. The van der Waals surface area contributed by atoms with Crippen molar-refractivity contribution in [1.82, 2.24) is 0 Å². The molecule has 0 unspecified atom stereocenters. The Morgan fingerprint density at radius 2 is 1.71 bits per heavy atom. The van der Waals surface area contributed by atoms with Crippen LogP contribution in [0.1, 0.15) is 0 Å². The van der Waals surface area contributed by atoms with Crippen molar-refractivity contribution in [2.24, 2.45) is 0 Å². The van der Waals surface area contributed by atoms with Gasteiger partial charge in [0.2, 0.25) is 0 Å². The molecule has 0 fully saturated rings. The summed E-state index contributed by atoms with van der Waals surface area (Å²) in [5, 5.41) is -0.461. The van der Waals surface area contributed by atoms with Gasteiger partial charge in [-0.3, -0.25) is 4.72 Å². The predicted octanol–water partition coefficient (Wildman–Crippen LogP) is 3.14. The average molecular weight is 337 g/mol. The largest absolute Gasteiger partial charge is 0.398 e. The normalized spacial score (nSPS) is 11.4. The summed E-state index contributed by atoms with van der Waals surface area (Å²) >= 11 is 5.60. The Labute approximate surface area is 123 Å². The maximum Gasteiger partial charge on any atom is 0.264 e. The standard InChI is InChI=1S/C12H8ClF3N2O2S/c13-8-3-7(15)4-9(16)12(8)18-21(19,20)11-2-1-6(14)5-10(11)17/h1-5,18H,17H2. The molecule has 0 saturated carbocycles. The molecule has 21 heavy (non-hydrogen) atoms. The zero-order valence-electron chi connectivity index (χ0n) is 10.2. The van der Waals surface area contributed by atoms with E-state index >= 15 is 0 Å². The van der Waals surface area contributed by atoms with Crippen LogP contribution in [0.3, 0.4) is 0 Å². The number of nitrogen functional groups attached to an aromatic ring is 1. The van der Waals surface area contributed by atoms with Gasteiger partial charge in [-0.25, -0.2) is 21.6 Å². The molecule has 0 amide bonds. The quantitative estimate of drug-likeness (QED) is 0.846. The maximum atomic E-state index is 13.6. The smallest absolute Gasteiger partial charge is 0.264 e. The number of nitrogens with two attached hydrogens (primary N) is 1. The Kier molecular flexibility index (Phi) is 4.02. The summed E-state index contributed by atoms with van der Waals surface area (Å²) in [6, 6.07) is 3.82. The van der Waals surface area contributed by atoms with Crippen LogP contribution in [0.25, 0.3) is 0 Å². The first-order valence-electron chi connectivity index (χ1n) is 5.43. The molecular formula is C12H8ClF3N2O2S. The van der Waals surface area contributed by atoms with Gasteiger partial charge in [0.15, 0.2) is 5.82 Å². The molecule has 3 N–H and O–H groups in total. The summed E-state index contributed by atoms with van der Waals surface area (Å²) in [5.74, 6) is -2.87. The molecule has 0 aromatic heterocycles. The molecule has 0 aliphatic heterocycles. The molecule has 0 aliphatic carbocycles. The Hall–Kier alpha value is -1.93. The second kappa shape index (κ2) is 5.45. The third kappa shape index (κ3) is 3.22. The lowest BCUT2D eigenvalue weighted by Crippen LogP contribution is -2.16. The Morgan fingerprint density at radius 3 is 2.29 bits per heavy atom. The van der Waals surface area contributed by atoms with Crippen molar-refractivity contribution in [2.75, 3.05) is 10.5 Å². The number of halogens is 4. The monoisotopic (exact) mass is 336 g/mol. The third-order valence-corrected chi connectivity index (χ3v) is 4.23. The fourth-order valence-corrected chi connectivity index (χ4v) is 3.09. The van der Waals surface area contributed by atoms with Crippen LogP contribution in [0.15, 0.2) is 35.2 Å². The molecular weight excluding hydrogens is 329 g/mol. The van der Waals surface area contributed by atoms with E-state index in [9.17, 15) is 21.6 Å². The van der Waals surface area contributed by atoms with E-state index in [4.69, 9.17) is 17.3 Å². The molecule has 0 heterocycles. The molecule has 0 radical (unpaired) electrons. The van der Waals surface area contributed by atoms with Gasteiger partial charge in [-0.05, 0) is 24.3 Å². The maximum absolute atomic E-state index is 13.6. The summed E-state index contributed by atoms with van der Waals surface area (Å²) in [5.41, 5.74) is 4.43. The fourth-order valence-electron chi connectivity index (χ4n) is 1.59. The zero-order chi connectivity index (χ0) is 15.8. The summed E-state index contributed by atoms with van der Waals surface area (Å²) in [4.78, 5) is -0.455. The van der Waals surface area contributed by atoms with Gasteiger partial charge in [0.25, 0.3) is 10.0 Å². The van der Waals surface area contributed by atoms with Crippen LogP contribution < -0.4 is 10.5 Å². The van der Waals surface area contributed by atoms with Crippen molar-refractivity contribution in [3.63, 3.8) is 0 Å². The Balaban J connectivity index is 2.47. The van der Waals surface area contributed by atoms with E-state index in [1.54, 1.807) is 0 Å². The second-order valence-electron chi connectivity index (χ2n) is 4.03. The van der Waals surface area contributed by atoms with Gasteiger partial charge in [0.05, 0.1) is 10.7 Å². The summed E-state index contributed by atoms with van der Waals surface area (Å²) in [7, 11) is -4.31. The van der Waals surface area contributed by atoms with E-state index < -0.39 is 43.1 Å².